The second-order valence-electron chi connectivity index (χ2n) is 6.11. The number of benzene rings is 1. The minimum Gasteiger partial charge on any atom is -0.377 e. The van der Waals surface area contributed by atoms with Gasteiger partial charge in [-0.3, -0.25) is 11.3 Å². The summed E-state index contributed by atoms with van der Waals surface area (Å²) in [4.78, 5) is 0. The summed E-state index contributed by atoms with van der Waals surface area (Å²) in [7, 11) is 0. The van der Waals surface area contributed by atoms with Crippen LogP contribution in [0.15, 0.2) is 12.1 Å². The van der Waals surface area contributed by atoms with Crippen molar-refractivity contribution in [1.29, 1.82) is 0 Å². The van der Waals surface area contributed by atoms with Crippen molar-refractivity contribution in [3.05, 3.63) is 34.4 Å². The molecule has 0 amide bonds. The van der Waals surface area contributed by atoms with Crippen LogP contribution in [0.3, 0.4) is 0 Å². The van der Waals surface area contributed by atoms with Gasteiger partial charge in [0.05, 0.1) is 12.1 Å². The fourth-order valence-corrected chi connectivity index (χ4v) is 3.22. The SMILES string of the molecule is CCOC(C1CC1)C(Cc1c(C)cc(C)cc1C)NN. The molecule has 0 radical (unpaired) electrons. The molecule has 2 rings (SSSR count). The Bertz CT molecular complexity index is 431. The van der Waals surface area contributed by atoms with Crippen LogP contribution < -0.4 is 11.3 Å². The maximum atomic E-state index is 5.95. The highest BCUT2D eigenvalue weighted by atomic mass is 16.5. The molecule has 0 aliphatic heterocycles. The zero-order valence-electron chi connectivity index (χ0n) is 13.2. The summed E-state index contributed by atoms with van der Waals surface area (Å²) in [5.74, 6) is 6.50. The van der Waals surface area contributed by atoms with Crippen molar-refractivity contribution in [2.75, 3.05) is 6.61 Å². The lowest BCUT2D eigenvalue weighted by molar-refractivity contribution is 0.0191. The first kappa shape index (κ1) is 15.5. The predicted octanol–water partition coefficient (Wildman–Crippen LogP) is 2.80. The molecule has 3 nitrogen and oxygen atoms in total. The molecule has 0 spiro atoms. The summed E-state index contributed by atoms with van der Waals surface area (Å²) < 4.78 is 5.95. The number of aryl methyl sites for hydroxylation is 3. The molecule has 1 aliphatic rings. The van der Waals surface area contributed by atoms with Gasteiger partial charge in [0.25, 0.3) is 0 Å². The van der Waals surface area contributed by atoms with Gasteiger partial charge in [-0.25, -0.2) is 0 Å². The van der Waals surface area contributed by atoms with Gasteiger partial charge in [-0.2, -0.15) is 0 Å². The fraction of sp³-hybridized carbons (Fsp3) is 0.647. The predicted molar refractivity (Wildman–Crippen MR) is 83.6 cm³/mol. The zero-order chi connectivity index (χ0) is 14.7. The minimum atomic E-state index is 0.197. The topological polar surface area (TPSA) is 47.3 Å². The fourth-order valence-electron chi connectivity index (χ4n) is 3.22. The van der Waals surface area contributed by atoms with E-state index in [0.717, 1.165) is 13.0 Å². The third-order valence-corrected chi connectivity index (χ3v) is 4.32. The molecule has 112 valence electrons. The van der Waals surface area contributed by atoms with Gasteiger partial charge in [-0.05, 0) is 69.6 Å². The number of ether oxygens (including phenoxy) is 1. The molecule has 0 saturated heterocycles. The summed E-state index contributed by atoms with van der Waals surface area (Å²) in [5, 5.41) is 0. The highest BCUT2D eigenvalue weighted by Crippen LogP contribution is 2.36. The summed E-state index contributed by atoms with van der Waals surface area (Å²) in [6, 6.07) is 4.70. The van der Waals surface area contributed by atoms with Gasteiger partial charge in [0.2, 0.25) is 0 Å². The van der Waals surface area contributed by atoms with Gasteiger partial charge < -0.3 is 4.74 Å². The quantitative estimate of drug-likeness (QED) is 0.594. The Morgan fingerprint density at radius 1 is 1.25 bits per heavy atom. The normalized spacial score (nSPS) is 18.1. The molecule has 1 aromatic rings. The van der Waals surface area contributed by atoms with Crippen LogP contribution in [0.2, 0.25) is 0 Å². The lowest BCUT2D eigenvalue weighted by Crippen LogP contribution is -2.48. The Labute approximate surface area is 122 Å². The summed E-state index contributed by atoms with van der Waals surface area (Å²) in [6.45, 7) is 9.34. The first-order chi connectivity index (χ1) is 9.56. The van der Waals surface area contributed by atoms with Gasteiger partial charge in [-0.15, -0.1) is 0 Å². The van der Waals surface area contributed by atoms with E-state index in [2.05, 4.69) is 45.3 Å². The number of hydrazine groups is 1. The third kappa shape index (κ3) is 3.60. The van der Waals surface area contributed by atoms with E-state index >= 15 is 0 Å². The van der Waals surface area contributed by atoms with Gasteiger partial charge in [0.1, 0.15) is 0 Å². The minimum absolute atomic E-state index is 0.197. The number of nitrogens with one attached hydrogen (secondary N) is 1. The summed E-state index contributed by atoms with van der Waals surface area (Å²) in [6.07, 6.45) is 3.73. The van der Waals surface area contributed by atoms with Crippen molar-refractivity contribution in [2.45, 2.75) is 59.1 Å². The molecule has 0 heterocycles. The summed E-state index contributed by atoms with van der Waals surface area (Å²) in [5.41, 5.74) is 8.44. The average molecular weight is 276 g/mol. The standard InChI is InChI=1S/C17H28N2O/c1-5-20-17(14-6-7-14)16(19-18)10-15-12(3)8-11(2)9-13(15)4/h8-9,14,16-17,19H,5-7,10,18H2,1-4H3. The van der Waals surface area contributed by atoms with Crippen molar-refractivity contribution >= 4 is 0 Å². The molecule has 0 aromatic heterocycles. The molecule has 1 fully saturated rings. The van der Waals surface area contributed by atoms with Gasteiger partial charge in [0.15, 0.2) is 0 Å². The van der Waals surface area contributed by atoms with Crippen LogP contribution in [0.4, 0.5) is 0 Å². The molecule has 1 saturated carbocycles. The molecule has 1 aliphatic carbocycles. The average Bonchev–Trinajstić information content (AvgIpc) is 3.20. The molecule has 3 heteroatoms. The van der Waals surface area contributed by atoms with Crippen molar-refractivity contribution in [3.8, 4) is 0 Å². The van der Waals surface area contributed by atoms with E-state index in [1.165, 1.54) is 35.1 Å². The van der Waals surface area contributed by atoms with E-state index in [1.54, 1.807) is 0 Å². The van der Waals surface area contributed by atoms with Crippen LogP contribution >= 0.6 is 0 Å². The first-order valence-corrected chi connectivity index (χ1v) is 7.71. The number of hydrogen-bond acceptors (Lipinski definition) is 3. The number of rotatable bonds is 7. The van der Waals surface area contributed by atoms with E-state index in [4.69, 9.17) is 10.6 Å². The van der Waals surface area contributed by atoms with Crippen LogP contribution in [0.5, 0.6) is 0 Å². The molecular weight excluding hydrogens is 248 g/mol. The van der Waals surface area contributed by atoms with Crippen molar-refractivity contribution < 1.29 is 4.74 Å². The van der Waals surface area contributed by atoms with Crippen LogP contribution in [0.1, 0.15) is 42.0 Å². The Kier molecular flexibility index (Phi) is 5.19. The Hall–Kier alpha value is -0.900. The van der Waals surface area contributed by atoms with Crippen LogP contribution in [0.25, 0.3) is 0 Å². The van der Waals surface area contributed by atoms with E-state index < -0.39 is 0 Å². The van der Waals surface area contributed by atoms with Gasteiger partial charge in [0, 0.05) is 6.61 Å². The highest BCUT2D eigenvalue weighted by molar-refractivity contribution is 5.38. The first-order valence-electron chi connectivity index (χ1n) is 7.71. The van der Waals surface area contributed by atoms with Crippen molar-refractivity contribution in [2.24, 2.45) is 11.8 Å². The second kappa shape index (κ2) is 6.70. The molecule has 2 atom stereocenters. The van der Waals surface area contributed by atoms with E-state index in [1.807, 2.05) is 0 Å². The number of nitrogens with two attached hydrogens (primary N) is 1. The lowest BCUT2D eigenvalue weighted by atomic mass is 9.91. The monoisotopic (exact) mass is 276 g/mol. The molecule has 2 unspecified atom stereocenters. The molecule has 20 heavy (non-hydrogen) atoms. The molecule has 0 bridgehead atoms. The smallest absolute Gasteiger partial charge is 0.0772 e. The van der Waals surface area contributed by atoms with Crippen LogP contribution in [-0.4, -0.2) is 18.8 Å². The van der Waals surface area contributed by atoms with Crippen LogP contribution in [-0.2, 0) is 11.2 Å². The third-order valence-electron chi connectivity index (χ3n) is 4.32. The van der Waals surface area contributed by atoms with E-state index in [0.29, 0.717) is 5.92 Å². The highest BCUT2D eigenvalue weighted by Gasteiger charge is 2.37. The molecule has 1 aromatic carbocycles. The van der Waals surface area contributed by atoms with Gasteiger partial charge in [-0.1, -0.05) is 17.7 Å². The van der Waals surface area contributed by atoms with Gasteiger partial charge >= 0.3 is 0 Å². The Balaban J connectivity index is 2.17. The van der Waals surface area contributed by atoms with Crippen molar-refractivity contribution in [3.63, 3.8) is 0 Å². The zero-order valence-corrected chi connectivity index (χ0v) is 13.2. The Morgan fingerprint density at radius 3 is 2.30 bits per heavy atom. The number of hydrogen-bond donors (Lipinski definition) is 2. The molecule has 3 N–H and O–H groups in total. The lowest BCUT2D eigenvalue weighted by Gasteiger charge is -2.28. The van der Waals surface area contributed by atoms with E-state index in [9.17, 15) is 0 Å². The Morgan fingerprint density at radius 2 is 1.85 bits per heavy atom. The van der Waals surface area contributed by atoms with Crippen LogP contribution in [0, 0.1) is 26.7 Å². The molecular formula is C17H28N2O. The maximum absolute atomic E-state index is 5.95. The maximum Gasteiger partial charge on any atom is 0.0772 e. The summed E-state index contributed by atoms with van der Waals surface area (Å²) >= 11 is 0. The second-order valence-corrected chi connectivity index (χ2v) is 6.11. The largest absolute Gasteiger partial charge is 0.377 e. The van der Waals surface area contributed by atoms with Crippen molar-refractivity contribution in [1.82, 2.24) is 5.43 Å². The van der Waals surface area contributed by atoms with E-state index in [-0.39, 0.29) is 12.1 Å².